The average molecular weight is 205 g/mol. The fraction of sp³-hybridized carbons (Fsp3) is 1.00. The van der Waals surface area contributed by atoms with E-state index < -0.39 is 34.2 Å². The van der Waals surface area contributed by atoms with E-state index in [1.807, 2.05) is 0 Å². The lowest BCUT2D eigenvalue weighted by atomic mass is 10.2. The lowest BCUT2D eigenvalue weighted by Crippen LogP contribution is -2.35. The van der Waals surface area contributed by atoms with Gasteiger partial charge in [-0.2, -0.15) is 13.2 Å². The van der Waals surface area contributed by atoms with Crippen molar-refractivity contribution < 1.29 is 21.6 Å². The predicted octanol–water partition coefficient (Wildman–Crippen LogP) is 0.168. The average Bonchev–Trinajstić information content (AvgIpc) is 1.78. The monoisotopic (exact) mass is 205 g/mol. The molecule has 1 atom stereocenters. The van der Waals surface area contributed by atoms with E-state index in [1.54, 1.807) is 0 Å². The van der Waals surface area contributed by atoms with Gasteiger partial charge in [-0.15, -0.1) is 0 Å². The maximum absolute atomic E-state index is 11.9. The van der Waals surface area contributed by atoms with Crippen molar-refractivity contribution in [3.05, 3.63) is 0 Å². The summed E-state index contributed by atoms with van der Waals surface area (Å²) >= 11 is 0. The quantitative estimate of drug-likeness (QED) is 0.714. The summed E-state index contributed by atoms with van der Waals surface area (Å²) < 4.78 is 56.7. The van der Waals surface area contributed by atoms with E-state index in [0.717, 1.165) is 6.26 Å². The Kier molecular flexibility index (Phi) is 3.52. The molecule has 0 radical (unpaired) electrons. The molecule has 7 heteroatoms. The minimum Gasteiger partial charge on any atom is -0.330 e. The predicted molar refractivity (Wildman–Crippen MR) is 38.3 cm³/mol. The molecule has 0 saturated carbocycles. The molecule has 0 saturated heterocycles. The molecule has 0 spiro atoms. The molecular formula is C5H10F3NO2S. The molecular weight excluding hydrogens is 195 g/mol. The van der Waals surface area contributed by atoms with Crippen molar-refractivity contribution in [2.24, 2.45) is 11.7 Å². The summed E-state index contributed by atoms with van der Waals surface area (Å²) in [6.07, 6.45) is -3.78. The highest BCUT2D eigenvalue weighted by Crippen LogP contribution is 2.26. The summed E-state index contributed by atoms with van der Waals surface area (Å²) in [5.41, 5.74) is 4.78. The summed E-state index contributed by atoms with van der Waals surface area (Å²) in [7, 11) is -3.62. The Balaban J connectivity index is 4.41. The van der Waals surface area contributed by atoms with Gasteiger partial charge in [0.2, 0.25) is 0 Å². The van der Waals surface area contributed by atoms with Crippen LogP contribution in [0.1, 0.15) is 0 Å². The molecule has 0 aliphatic carbocycles. The number of hydrogen-bond acceptors (Lipinski definition) is 3. The van der Waals surface area contributed by atoms with Gasteiger partial charge in [0.25, 0.3) is 0 Å². The zero-order chi connectivity index (χ0) is 9.99. The number of alkyl halides is 3. The van der Waals surface area contributed by atoms with E-state index in [1.165, 1.54) is 0 Å². The molecule has 12 heavy (non-hydrogen) atoms. The van der Waals surface area contributed by atoms with Crippen LogP contribution in [-0.4, -0.2) is 33.1 Å². The van der Waals surface area contributed by atoms with Crippen LogP contribution in [0.3, 0.4) is 0 Å². The third kappa shape index (κ3) is 4.55. The Morgan fingerprint density at radius 1 is 1.42 bits per heavy atom. The number of nitrogens with two attached hydrogens (primary N) is 1. The molecule has 0 aromatic rings. The van der Waals surface area contributed by atoms with Crippen LogP contribution in [0.15, 0.2) is 0 Å². The first-order valence-corrected chi connectivity index (χ1v) is 5.17. The maximum atomic E-state index is 11.9. The van der Waals surface area contributed by atoms with Crippen molar-refractivity contribution in [3.63, 3.8) is 0 Å². The molecule has 0 aromatic heterocycles. The highest BCUT2D eigenvalue weighted by molar-refractivity contribution is 7.90. The summed E-state index contributed by atoms with van der Waals surface area (Å²) in [6.45, 7) is -0.698. The normalized spacial score (nSPS) is 16.1. The first-order valence-electron chi connectivity index (χ1n) is 3.11. The topological polar surface area (TPSA) is 60.2 Å². The van der Waals surface area contributed by atoms with E-state index >= 15 is 0 Å². The summed E-state index contributed by atoms with van der Waals surface area (Å²) in [6, 6.07) is 0. The maximum Gasteiger partial charge on any atom is 0.393 e. The highest BCUT2D eigenvalue weighted by Gasteiger charge is 2.40. The lowest BCUT2D eigenvalue weighted by molar-refractivity contribution is -0.165. The molecule has 0 fully saturated rings. The number of hydrogen-bond donors (Lipinski definition) is 1. The van der Waals surface area contributed by atoms with Crippen LogP contribution in [0.2, 0.25) is 0 Å². The van der Waals surface area contributed by atoms with Gasteiger partial charge >= 0.3 is 6.18 Å². The second-order valence-corrected chi connectivity index (χ2v) is 4.75. The first kappa shape index (κ1) is 11.7. The Morgan fingerprint density at radius 2 is 1.83 bits per heavy atom. The highest BCUT2D eigenvalue weighted by atomic mass is 32.2. The van der Waals surface area contributed by atoms with Crippen LogP contribution in [-0.2, 0) is 9.84 Å². The van der Waals surface area contributed by atoms with Gasteiger partial charge < -0.3 is 5.73 Å². The van der Waals surface area contributed by atoms with Crippen molar-refractivity contribution >= 4 is 9.84 Å². The third-order valence-corrected chi connectivity index (χ3v) is 2.26. The third-order valence-electron chi connectivity index (χ3n) is 1.25. The molecule has 74 valence electrons. The number of sulfone groups is 1. The van der Waals surface area contributed by atoms with Gasteiger partial charge in [0, 0.05) is 12.8 Å². The SMILES string of the molecule is CS(=O)(=O)CC(CN)C(F)(F)F. The smallest absolute Gasteiger partial charge is 0.330 e. The largest absolute Gasteiger partial charge is 0.393 e. The Labute approximate surface area is 68.7 Å². The number of rotatable bonds is 3. The Bertz CT molecular complexity index is 234. The van der Waals surface area contributed by atoms with Crippen LogP contribution in [0.25, 0.3) is 0 Å². The van der Waals surface area contributed by atoms with Crippen LogP contribution < -0.4 is 5.73 Å². The van der Waals surface area contributed by atoms with Crippen LogP contribution in [0, 0.1) is 5.92 Å². The van der Waals surface area contributed by atoms with Gasteiger partial charge in [-0.3, -0.25) is 0 Å². The van der Waals surface area contributed by atoms with Crippen molar-refractivity contribution in [3.8, 4) is 0 Å². The zero-order valence-corrected chi connectivity index (χ0v) is 7.24. The minimum atomic E-state index is -4.53. The van der Waals surface area contributed by atoms with Crippen molar-refractivity contribution in [2.45, 2.75) is 6.18 Å². The lowest BCUT2D eigenvalue weighted by Gasteiger charge is -2.16. The molecule has 0 aliphatic heterocycles. The van der Waals surface area contributed by atoms with E-state index in [-0.39, 0.29) is 0 Å². The Morgan fingerprint density at radius 3 is 1.92 bits per heavy atom. The fourth-order valence-corrected chi connectivity index (χ4v) is 1.72. The van der Waals surface area contributed by atoms with Crippen LogP contribution in [0.4, 0.5) is 13.2 Å². The second kappa shape index (κ2) is 3.61. The molecule has 0 amide bonds. The van der Waals surface area contributed by atoms with Crippen LogP contribution >= 0.6 is 0 Å². The van der Waals surface area contributed by atoms with Crippen molar-refractivity contribution in [1.29, 1.82) is 0 Å². The van der Waals surface area contributed by atoms with Gasteiger partial charge in [-0.1, -0.05) is 0 Å². The van der Waals surface area contributed by atoms with Gasteiger partial charge in [0.1, 0.15) is 9.84 Å². The van der Waals surface area contributed by atoms with Crippen molar-refractivity contribution in [2.75, 3.05) is 18.6 Å². The van der Waals surface area contributed by atoms with Crippen LogP contribution in [0.5, 0.6) is 0 Å². The van der Waals surface area contributed by atoms with E-state index in [9.17, 15) is 21.6 Å². The van der Waals surface area contributed by atoms with E-state index in [2.05, 4.69) is 0 Å². The standard InChI is InChI=1S/C5H10F3NO2S/c1-12(10,11)3-4(2-9)5(6,7)8/h4H,2-3,9H2,1H3. The number of halogens is 3. The summed E-state index contributed by atoms with van der Waals surface area (Å²) in [4.78, 5) is 0. The molecule has 0 aromatic carbocycles. The molecule has 0 bridgehead atoms. The first-order chi connectivity index (χ1) is 5.17. The summed E-state index contributed by atoms with van der Waals surface area (Å²) in [5.74, 6) is -2.89. The molecule has 2 N–H and O–H groups in total. The van der Waals surface area contributed by atoms with Gasteiger partial charge in [-0.25, -0.2) is 8.42 Å². The fourth-order valence-electron chi connectivity index (χ4n) is 0.662. The van der Waals surface area contributed by atoms with E-state index in [4.69, 9.17) is 5.73 Å². The van der Waals surface area contributed by atoms with Gasteiger partial charge in [0.05, 0.1) is 11.7 Å². The zero-order valence-electron chi connectivity index (χ0n) is 6.43. The van der Waals surface area contributed by atoms with Gasteiger partial charge in [-0.05, 0) is 0 Å². The van der Waals surface area contributed by atoms with Crippen molar-refractivity contribution in [1.82, 2.24) is 0 Å². The minimum absolute atomic E-state index is 0.698. The molecule has 1 unspecified atom stereocenters. The molecule has 3 nitrogen and oxygen atoms in total. The second-order valence-electron chi connectivity index (χ2n) is 2.57. The van der Waals surface area contributed by atoms with E-state index in [0.29, 0.717) is 0 Å². The summed E-state index contributed by atoms with van der Waals surface area (Å²) in [5, 5.41) is 0. The molecule has 0 heterocycles. The molecule has 0 aliphatic rings. The van der Waals surface area contributed by atoms with Gasteiger partial charge in [0.15, 0.2) is 0 Å². The molecule has 0 rings (SSSR count). The Hall–Kier alpha value is -0.300.